The van der Waals surface area contributed by atoms with E-state index in [1.54, 1.807) is 21.1 Å². The minimum Gasteiger partial charge on any atom is -0.544 e. The Morgan fingerprint density at radius 2 is 0.915 bits per heavy atom. The average Bonchev–Trinajstić information content (AvgIpc) is 3.19. The lowest BCUT2D eigenvalue weighted by atomic mass is 10.0. The first-order chi connectivity index (χ1) is 28.6. The number of aliphatic carboxylic acids is 1. The molecule has 0 N–H and O–H groups in total. The van der Waals surface area contributed by atoms with Crippen LogP contribution in [-0.4, -0.2) is 75.5 Å². The van der Waals surface area contributed by atoms with E-state index < -0.39 is 18.1 Å². The first-order valence-corrected chi connectivity index (χ1v) is 24.5. The van der Waals surface area contributed by atoms with E-state index >= 15 is 0 Å². The maximum Gasteiger partial charge on any atom is 0.306 e. The molecule has 0 aliphatic rings. The maximum absolute atomic E-state index is 12.7. The van der Waals surface area contributed by atoms with Crippen molar-refractivity contribution >= 4 is 17.9 Å². The first-order valence-electron chi connectivity index (χ1n) is 24.5. The van der Waals surface area contributed by atoms with E-state index in [2.05, 4.69) is 50.3 Å². The lowest BCUT2D eigenvalue weighted by molar-refractivity contribution is -0.889. The molecule has 59 heavy (non-hydrogen) atoms. The minimum atomic E-state index is -1.13. The molecule has 2 atom stereocenters. The van der Waals surface area contributed by atoms with Crippen molar-refractivity contribution in [2.75, 3.05) is 41.0 Å². The fourth-order valence-corrected chi connectivity index (χ4v) is 7.21. The monoisotopic (exact) mass is 832 g/mol. The maximum atomic E-state index is 12.7. The van der Waals surface area contributed by atoms with Gasteiger partial charge in [-0.05, 0) is 44.9 Å². The van der Waals surface area contributed by atoms with Gasteiger partial charge >= 0.3 is 11.9 Å². The molecule has 0 radical (unpaired) electrons. The molecule has 8 heteroatoms. The summed E-state index contributed by atoms with van der Waals surface area (Å²) in [5, 5.41) is 11.6. The van der Waals surface area contributed by atoms with Crippen molar-refractivity contribution in [3.63, 3.8) is 0 Å². The van der Waals surface area contributed by atoms with Crippen LogP contribution in [0.1, 0.15) is 219 Å². The lowest BCUT2D eigenvalue weighted by Gasteiger charge is -2.34. The average molecular weight is 832 g/mol. The number of quaternary nitrogens is 1. The third-order valence-corrected chi connectivity index (χ3v) is 11.0. The van der Waals surface area contributed by atoms with Gasteiger partial charge in [-0.2, -0.15) is 0 Å². The number of allylic oxidation sites excluding steroid dienone is 6. The molecule has 0 aliphatic carbocycles. The van der Waals surface area contributed by atoms with Gasteiger partial charge in [-0.3, -0.25) is 9.59 Å². The van der Waals surface area contributed by atoms with E-state index in [9.17, 15) is 19.5 Å². The number of likely N-dealkylation sites (N-methyl/N-ethyl adjacent to an activating group) is 1. The molecule has 0 rings (SSSR count). The topological polar surface area (TPSA) is 102 Å². The van der Waals surface area contributed by atoms with E-state index in [4.69, 9.17) is 14.2 Å². The Hall–Kier alpha value is -2.45. The van der Waals surface area contributed by atoms with Crippen LogP contribution in [0.5, 0.6) is 0 Å². The predicted octanol–water partition coefficient (Wildman–Crippen LogP) is 12.5. The van der Waals surface area contributed by atoms with Crippen LogP contribution in [0.15, 0.2) is 36.5 Å². The third-order valence-electron chi connectivity index (χ3n) is 11.0. The number of carbonyl (C=O) groups is 3. The van der Waals surface area contributed by atoms with Gasteiger partial charge in [-0.15, -0.1) is 0 Å². The van der Waals surface area contributed by atoms with Gasteiger partial charge in [0.2, 0.25) is 0 Å². The number of ether oxygens (including phenoxy) is 3. The molecule has 0 aliphatic heterocycles. The summed E-state index contributed by atoms with van der Waals surface area (Å²) in [7, 11) is 5.40. The Balaban J connectivity index is 4.33. The summed E-state index contributed by atoms with van der Waals surface area (Å²) >= 11 is 0. The van der Waals surface area contributed by atoms with Crippen molar-refractivity contribution < 1.29 is 38.2 Å². The molecule has 0 amide bonds. The lowest BCUT2D eigenvalue weighted by Crippen LogP contribution is -2.55. The molecule has 0 aromatic heterocycles. The van der Waals surface area contributed by atoms with Crippen molar-refractivity contribution in [1.29, 1.82) is 0 Å². The van der Waals surface area contributed by atoms with Gasteiger partial charge < -0.3 is 28.6 Å². The highest BCUT2D eigenvalue weighted by Crippen LogP contribution is 2.15. The van der Waals surface area contributed by atoms with Crippen molar-refractivity contribution in [3.05, 3.63) is 36.5 Å². The van der Waals surface area contributed by atoms with Gasteiger partial charge in [0.15, 0.2) is 6.10 Å². The summed E-state index contributed by atoms with van der Waals surface area (Å²) in [5.74, 6) is -1.79. The zero-order valence-corrected chi connectivity index (χ0v) is 39.2. The van der Waals surface area contributed by atoms with Crippen LogP contribution in [0.25, 0.3) is 0 Å². The summed E-state index contributed by atoms with van der Waals surface area (Å²) in [5.41, 5.74) is 0. The van der Waals surface area contributed by atoms with E-state index in [0.717, 1.165) is 38.5 Å². The Bertz CT molecular complexity index is 1060. The molecular formula is C51H93NO7. The number of esters is 2. The Kier molecular flexibility index (Phi) is 40.5. The smallest absolute Gasteiger partial charge is 0.306 e. The fraction of sp³-hybridized carbons (Fsp3) is 0.824. The molecule has 0 aromatic carbocycles. The largest absolute Gasteiger partial charge is 0.544 e. The number of hydrogen-bond donors (Lipinski definition) is 0. The van der Waals surface area contributed by atoms with Crippen molar-refractivity contribution in [2.24, 2.45) is 0 Å². The van der Waals surface area contributed by atoms with Crippen LogP contribution in [0.3, 0.4) is 0 Å². The van der Waals surface area contributed by atoms with Gasteiger partial charge in [-0.1, -0.05) is 192 Å². The second-order valence-corrected chi connectivity index (χ2v) is 17.7. The predicted molar refractivity (Wildman–Crippen MR) is 245 cm³/mol. The zero-order chi connectivity index (χ0) is 43.5. The molecule has 0 saturated heterocycles. The third kappa shape index (κ3) is 40.7. The van der Waals surface area contributed by atoms with Crippen LogP contribution in [0.2, 0.25) is 0 Å². The second-order valence-electron chi connectivity index (χ2n) is 17.7. The van der Waals surface area contributed by atoms with Gasteiger partial charge in [-0.25, -0.2) is 0 Å². The van der Waals surface area contributed by atoms with Crippen molar-refractivity contribution in [2.45, 2.75) is 231 Å². The quantitative estimate of drug-likeness (QED) is 0.0261. The van der Waals surface area contributed by atoms with Gasteiger partial charge in [0.25, 0.3) is 0 Å². The number of unbranched alkanes of at least 4 members (excludes halogenated alkanes) is 24. The zero-order valence-electron chi connectivity index (χ0n) is 39.2. The number of carboxylic acids is 1. The highest BCUT2D eigenvalue weighted by Gasteiger charge is 2.25. The van der Waals surface area contributed by atoms with Gasteiger partial charge in [0.1, 0.15) is 12.6 Å². The van der Waals surface area contributed by atoms with Gasteiger partial charge in [0.05, 0.1) is 40.3 Å². The van der Waals surface area contributed by atoms with Crippen LogP contribution in [0.4, 0.5) is 0 Å². The summed E-state index contributed by atoms with van der Waals surface area (Å²) < 4.78 is 17.2. The highest BCUT2D eigenvalue weighted by atomic mass is 16.6. The summed E-state index contributed by atoms with van der Waals surface area (Å²) in [6, 6.07) is -0.733. The SMILES string of the molecule is CCCCCCCC/C=C/C/C=C/C/C=C/CCCC(=O)OC(COCCC(C(=O)[O-])[N+](C)(C)C)COC(=O)CCCCCCCCCCCCCCCCCCCC. The number of hydrogen-bond acceptors (Lipinski definition) is 7. The first kappa shape index (κ1) is 56.5. The number of nitrogens with zero attached hydrogens (tertiary/aromatic N) is 1. The number of carbonyl (C=O) groups excluding carboxylic acids is 3. The molecule has 0 saturated carbocycles. The molecule has 2 unspecified atom stereocenters. The second kappa shape index (κ2) is 42.2. The van der Waals surface area contributed by atoms with Gasteiger partial charge in [0, 0.05) is 19.3 Å². The number of carboxylic acid groups (broad SMARTS) is 1. The van der Waals surface area contributed by atoms with Crippen molar-refractivity contribution in [1.82, 2.24) is 0 Å². The van der Waals surface area contributed by atoms with E-state index in [-0.39, 0.29) is 49.1 Å². The van der Waals surface area contributed by atoms with Crippen LogP contribution < -0.4 is 5.11 Å². The summed E-state index contributed by atoms with van der Waals surface area (Å²) in [6.07, 6.45) is 48.9. The molecule has 0 fully saturated rings. The molecule has 8 nitrogen and oxygen atoms in total. The molecule has 0 heterocycles. The molecule has 0 spiro atoms. The Morgan fingerprint density at radius 1 is 0.508 bits per heavy atom. The van der Waals surface area contributed by atoms with Crippen molar-refractivity contribution in [3.8, 4) is 0 Å². The van der Waals surface area contributed by atoms with E-state index in [1.165, 1.54) is 141 Å². The Morgan fingerprint density at radius 3 is 1.37 bits per heavy atom. The Labute approximate surface area is 364 Å². The summed E-state index contributed by atoms with van der Waals surface area (Å²) in [6.45, 7) is 4.63. The van der Waals surface area contributed by atoms with Crippen LogP contribution >= 0.6 is 0 Å². The fourth-order valence-electron chi connectivity index (χ4n) is 7.21. The van der Waals surface area contributed by atoms with E-state index in [0.29, 0.717) is 12.8 Å². The normalized spacial score (nSPS) is 13.2. The molecule has 0 bridgehead atoms. The number of rotatable bonds is 44. The molecule has 0 aromatic rings. The van der Waals surface area contributed by atoms with E-state index in [1.807, 2.05) is 0 Å². The molecule has 344 valence electrons. The summed E-state index contributed by atoms with van der Waals surface area (Å²) in [4.78, 5) is 36.9. The standard InChI is InChI=1S/C51H93NO7/c1-6-8-10-12-14-16-18-20-22-24-26-27-29-31-33-35-37-39-41-49(53)58-46-47(45-57-44-43-48(51(55)56)52(3,4)5)59-50(54)42-40-38-36-34-32-30-28-25-23-21-19-17-15-13-11-9-7-2/h21,23,28,30,34,36,47-48H,6-20,22,24-27,29,31-33,35,37-46H2,1-5H3/b23-21+,30-28+,36-34+. The van der Waals surface area contributed by atoms with Crippen LogP contribution in [-0.2, 0) is 28.6 Å². The minimum absolute atomic E-state index is 0.0234. The van der Waals surface area contributed by atoms with Crippen LogP contribution in [0, 0.1) is 0 Å². The highest BCUT2D eigenvalue weighted by molar-refractivity contribution is 5.70. The molecular weight excluding hydrogens is 739 g/mol.